The Morgan fingerprint density at radius 3 is 2.42 bits per heavy atom. The molecule has 33 heavy (non-hydrogen) atoms. The summed E-state index contributed by atoms with van der Waals surface area (Å²) in [5, 5.41) is 3.41. The number of para-hydroxylation sites is 1. The molecular formula is C25H31N5O3. The van der Waals surface area contributed by atoms with Gasteiger partial charge in [-0.15, -0.1) is 0 Å². The second-order valence-corrected chi connectivity index (χ2v) is 10.5. The molecule has 3 aromatic rings. The van der Waals surface area contributed by atoms with Gasteiger partial charge >= 0.3 is 6.09 Å². The smallest absolute Gasteiger partial charge is 0.417 e. The van der Waals surface area contributed by atoms with Gasteiger partial charge < -0.3 is 15.0 Å². The molecular weight excluding hydrogens is 418 g/mol. The number of hydrogen-bond donors (Lipinski definition) is 2. The van der Waals surface area contributed by atoms with Crippen LogP contribution in [0.2, 0.25) is 0 Å². The summed E-state index contributed by atoms with van der Waals surface area (Å²) in [5.74, 6) is 0.355. The number of amides is 2. The number of anilines is 1. The highest BCUT2D eigenvalue weighted by molar-refractivity contribution is 6.08. The van der Waals surface area contributed by atoms with Crippen molar-refractivity contribution in [2.45, 2.75) is 72.6 Å². The van der Waals surface area contributed by atoms with E-state index in [0.717, 1.165) is 38.7 Å². The van der Waals surface area contributed by atoms with E-state index >= 15 is 0 Å². The first kappa shape index (κ1) is 22.8. The van der Waals surface area contributed by atoms with E-state index in [9.17, 15) is 9.59 Å². The van der Waals surface area contributed by atoms with Gasteiger partial charge in [0.2, 0.25) is 0 Å². The van der Waals surface area contributed by atoms with Crippen LogP contribution in [0.4, 0.5) is 10.6 Å². The number of hydrogen-bond acceptors (Lipinski definition) is 6. The Labute approximate surface area is 193 Å². The van der Waals surface area contributed by atoms with E-state index in [1.165, 1.54) is 0 Å². The van der Waals surface area contributed by atoms with Crippen molar-refractivity contribution in [3.05, 3.63) is 41.2 Å². The molecule has 174 valence electrons. The number of ether oxygens (including phenoxy) is 1. The number of nitrogens with one attached hydrogen (secondary N) is 2. The largest absolute Gasteiger partial charge is 0.443 e. The number of benzene rings is 1. The van der Waals surface area contributed by atoms with E-state index < -0.39 is 17.7 Å². The Balaban J connectivity index is 1.74. The topological polar surface area (TPSA) is 100 Å². The minimum absolute atomic E-state index is 0.164. The third-order valence-electron chi connectivity index (χ3n) is 5.35. The quantitative estimate of drug-likeness (QED) is 0.528. The fourth-order valence-electron chi connectivity index (χ4n) is 3.97. The van der Waals surface area contributed by atoms with E-state index in [2.05, 4.69) is 31.1 Å². The van der Waals surface area contributed by atoms with E-state index in [0.29, 0.717) is 11.3 Å². The van der Waals surface area contributed by atoms with Gasteiger partial charge in [-0.2, -0.15) is 0 Å². The highest BCUT2D eigenvalue weighted by Gasteiger charge is 2.42. The molecule has 1 aliphatic rings. The fraction of sp³-hybridized carbons (Fsp3) is 0.440. The van der Waals surface area contributed by atoms with Crippen LogP contribution in [0.3, 0.4) is 0 Å². The summed E-state index contributed by atoms with van der Waals surface area (Å²) in [4.78, 5) is 39.8. The molecule has 2 amide bonds. The van der Waals surface area contributed by atoms with Crippen LogP contribution in [0.15, 0.2) is 24.3 Å². The molecule has 1 atom stereocenters. The number of carbonyl (C=O) groups is 2. The molecule has 2 aromatic heterocycles. The number of H-pyrrole nitrogens is 1. The molecule has 0 aliphatic carbocycles. The number of carbonyl (C=O) groups excluding carboxylic acids is 2. The summed E-state index contributed by atoms with van der Waals surface area (Å²) >= 11 is 0. The molecule has 0 unspecified atom stereocenters. The number of nitrogens with zero attached hydrogens (tertiary/aromatic N) is 3. The van der Waals surface area contributed by atoms with Crippen molar-refractivity contribution < 1.29 is 14.3 Å². The maximum Gasteiger partial charge on any atom is 0.417 e. The minimum Gasteiger partial charge on any atom is -0.443 e. The highest BCUT2D eigenvalue weighted by atomic mass is 16.6. The molecule has 1 aromatic carbocycles. The molecule has 3 heterocycles. The van der Waals surface area contributed by atoms with Crippen LogP contribution in [0.1, 0.15) is 76.3 Å². The van der Waals surface area contributed by atoms with Gasteiger partial charge in [-0.3, -0.25) is 4.79 Å². The summed E-state index contributed by atoms with van der Waals surface area (Å²) in [6.45, 7) is 15.3. The summed E-state index contributed by atoms with van der Waals surface area (Å²) in [5.41, 5.74) is 4.23. The molecule has 2 N–H and O–H groups in total. The molecule has 4 rings (SSSR count). The number of fused-ring (bicyclic) bond motifs is 2. The van der Waals surface area contributed by atoms with Crippen molar-refractivity contribution in [2.24, 2.45) is 0 Å². The molecule has 8 nitrogen and oxygen atoms in total. The second kappa shape index (κ2) is 7.57. The van der Waals surface area contributed by atoms with Gasteiger partial charge in [0.15, 0.2) is 0 Å². The Bertz CT molecular complexity index is 1260. The van der Waals surface area contributed by atoms with Crippen LogP contribution in [0.25, 0.3) is 22.3 Å². The number of aromatic nitrogens is 3. The minimum atomic E-state index is -0.683. The molecule has 0 radical (unpaired) electrons. The Kier molecular flexibility index (Phi) is 5.22. The molecule has 1 aliphatic heterocycles. The molecule has 0 spiro atoms. The van der Waals surface area contributed by atoms with Crippen LogP contribution < -0.4 is 5.32 Å². The first-order chi connectivity index (χ1) is 15.2. The van der Waals surface area contributed by atoms with Crippen LogP contribution in [-0.4, -0.2) is 43.0 Å². The highest BCUT2D eigenvalue weighted by Crippen LogP contribution is 2.38. The zero-order valence-electron chi connectivity index (χ0n) is 20.5. The lowest BCUT2D eigenvalue weighted by atomic mass is 10.1. The van der Waals surface area contributed by atoms with Gasteiger partial charge in [0.05, 0.1) is 28.5 Å². The van der Waals surface area contributed by atoms with Crippen molar-refractivity contribution in [1.82, 2.24) is 19.9 Å². The number of aromatic amines is 1. The Morgan fingerprint density at radius 2 is 1.82 bits per heavy atom. The van der Waals surface area contributed by atoms with Gasteiger partial charge in [0.25, 0.3) is 5.91 Å². The van der Waals surface area contributed by atoms with E-state index in [1.807, 2.05) is 32.0 Å². The number of imide groups is 1. The predicted octanol–water partition coefficient (Wildman–Crippen LogP) is 5.60. The van der Waals surface area contributed by atoms with Crippen LogP contribution in [-0.2, 0) is 4.74 Å². The molecule has 0 saturated carbocycles. The number of rotatable bonds is 2. The lowest BCUT2D eigenvalue weighted by Crippen LogP contribution is -2.38. The van der Waals surface area contributed by atoms with Gasteiger partial charge in [-0.25, -0.2) is 19.7 Å². The monoisotopic (exact) mass is 449 g/mol. The number of aryl methyl sites for hydroxylation is 1. The zero-order chi connectivity index (χ0) is 24.3. The van der Waals surface area contributed by atoms with Crippen molar-refractivity contribution >= 4 is 28.9 Å². The Morgan fingerprint density at radius 1 is 1.12 bits per heavy atom. The predicted molar refractivity (Wildman–Crippen MR) is 128 cm³/mol. The lowest BCUT2D eigenvalue weighted by Gasteiger charge is -2.26. The maximum absolute atomic E-state index is 13.1. The van der Waals surface area contributed by atoms with E-state index in [1.54, 1.807) is 26.8 Å². The first-order valence-electron chi connectivity index (χ1n) is 11.1. The summed E-state index contributed by atoms with van der Waals surface area (Å²) in [6.07, 6.45) is -0.643. The van der Waals surface area contributed by atoms with Crippen molar-refractivity contribution in [1.29, 1.82) is 0 Å². The van der Waals surface area contributed by atoms with E-state index in [-0.39, 0.29) is 11.4 Å². The third-order valence-corrected chi connectivity index (χ3v) is 5.35. The molecule has 8 heteroatoms. The SMILES string of the molecule is Cc1nc2cccc(-c3cc4c([nH]3)[C@@H](C)N(C(=O)OC(C)(C)C)C4=O)c2nc1NC(C)(C)C. The van der Waals surface area contributed by atoms with E-state index in [4.69, 9.17) is 14.7 Å². The normalized spacial score (nSPS) is 16.3. The zero-order valence-corrected chi connectivity index (χ0v) is 20.5. The van der Waals surface area contributed by atoms with Crippen molar-refractivity contribution in [3.63, 3.8) is 0 Å². The van der Waals surface area contributed by atoms with Gasteiger partial charge in [0, 0.05) is 16.8 Å². The maximum atomic E-state index is 13.1. The van der Waals surface area contributed by atoms with Gasteiger partial charge in [-0.1, -0.05) is 12.1 Å². The first-order valence-corrected chi connectivity index (χ1v) is 11.1. The average Bonchev–Trinajstić information content (AvgIpc) is 3.19. The Hall–Kier alpha value is -3.42. The van der Waals surface area contributed by atoms with Crippen LogP contribution in [0, 0.1) is 6.92 Å². The summed E-state index contributed by atoms with van der Waals surface area (Å²) in [7, 11) is 0. The lowest BCUT2D eigenvalue weighted by molar-refractivity contribution is 0.0200. The molecule has 0 fully saturated rings. The molecule has 0 bridgehead atoms. The standard InChI is InChI=1S/C25H31N5O3/c1-13-21(29-24(3,4)5)28-20-15(10-9-11-17(20)26-13)18-12-16-19(27-18)14(2)30(22(16)31)23(32)33-25(6,7)8/h9-12,14,27H,1-8H3,(H,28,29)/t14-/m1/s1. The van der Waals surface area contributed by atoms with Crippen LogP contribution >= 0.6 is 0 Å². The van der Waals surface area contributed by atoms with Crippen molar-refractivity contribution in [3.8, 4) is 11.3 Å². The summed E-state index contributed by atoms with van der Waals surface area (Å²) < 4.78 is 5.43. The fourth-order valence-corrected chi connectivity index (χ4v) is 3.97. The molecule has 0 saturated heterocycles. The van der Waals surface area contributed by atoms with Gasteiger partial charge in [0.1, 0.15) is 16.9 Å². The summed E-state index contributed by atoms with van der Waals surface area (Å²) in [6, 6.07) is 7.12. The van der Waals surface area contributed by atoms with Crippen LogP contribution in [0.5, 0.6) is 0 Å². The van der Waals surface area contributed by atoms with Crippen molar-refractivity contribution in [2.75, 3.05) is 5.32 Å². The average molecular weight is 450 g/mol. The second-order valence-electron chi connectivity index (χ2n) is 10.5. The van der Waals surface area contributed by atoms with Gasteiger partial charge in [-0.05, 0) is 67.5 Å². The third kappa shape index (κ3) is 4.29.